The summed E-state index contributed by atoms with van der Waals surface area (Å²) in [6.45, 7) is 20.2. The number of carbonyl (C=O) groups excluding carboxylic acids is 2. The molecule has 0 radical (unpaired) electrons. The number of benzene rings is 3. The van der Waals surface area contributed by atoms with Crippen LogP contribution in [0.2, 0.25) is 0 Å². The Balaban J connectivity index is 2.37. The number of rotatable bonds is 5. The van der Waals surface area contributed by atoms with E-state index in [1.807, 2.05) is 65.8 Å². The lowest BCUT2D eigenvalue weighted by molar-refractivity contribution is 0.105. The highest BCUT2D eigenvalue weighted by Gasteiger charge is 2.36. The molecule has 3 heteroatoms. The second-order valence-corrected chi connectivity index (χ2v) is 11.5. The molecule has 0 fully saturated rings. The summed E-state index contributed by atoms with van der Waals surface area (Å²) < 4.78 is 0. The van der Waals surface area contributed by atoms with Crippen LogP contribution in [0, 0.1) is 69.2 Å². The quantitative estimate of drug-likeness (QED) is 0.370. The Morgan fingerprint density at radius 1 is 0.485 bits per heavy atom. The van der Waals surface area contributed by atoms with Gasteiger partial charge in [-0.2, -0.15) is 0 Å². The first-order valence-electron chi connectivity index (χ1n) is 11.5. The van der Waals surface area contributed by atoms with Gasteiger partial charge in [0, 0.05) is 11.1 Å². The summed E-state index contributed by atoms with van der Waals surface area (Å²) in [7, 11) is -1.77. The van der Waals surface area contributed by atoms with E-state index in [1.54, 1.807) is 0 Å². The molecule has 0 saturated carbocycles. The Bertz CT molecular complexity index is 1160. The summed E-state index contributed by atoms with van der Waals surface area (Å²) in [6, 6.07) is 10.3. The Morgan fingerprint density at radius 3 is 1.09 bits per heavy atom. The van der Waals surface area contributed by atoms with Gasteiger partial charge in [0.05, 0.1) is 7.92 Å². The number of hydrogen-bond acceptors (Lipinski definition) is 2. The van der Waals surface area contributed by atoms with Crippen molar-refractivity contribution in [2.45, 2.75) is 69.2 Å². The predicted octanol–water partition coefficient (Wildman–Crippen LogP) is 7.56. The van der Waals surface area contributed by atoms with Crippen molar-refractivity contribution in [1.82, 2.24) is 0 Å². The third-order valence-electron chi connectivity index (χ3n) is 6.74. The Kier molecular flexibility index (Phi) is 7.10. The zero-order chi connectivity index (χ0) is 24.8. The first-order chi connectivity index (χ1) is 15.3. The van der Waals surface area contributed by atoms with Crippen LogP contribution in [0.5, 0.6) is 0 Å². The zero-order valence-electron chi connectivity index (χ0n) is 21.7. The molecule has 0 bridgehead atoms. The van der Waals surface area contributed by atoms with E-state index in [4.69, 9.17) is 0 Å². The van der Waals surface area contributed by atoms with Gasteiger partial charge in [0.25, 0.3) is 0 Å². The van der Waals surface area contributed by atoms with Crippen LogP contribution in [-0.2, 0) is 0 Å². The van der Waals surface area contributed by atoms with Crippen molar-refractivity contribution in [1.29, 1.82) is 0 Å². The smallest absolute Gasteiger partial charge is 0.197 e. The second-order valence-electron chi connectivity index (χ2n) is 9.60. The second kappa shape index (κ2) is 9.35. The topological polar surface area (TPSA) is 34.1 Å². The fourth-order valence-corrected chi connectivity index (χ4v) is 7.85. The molecular formula is C30H35O2P. The fourth-order valence-electron chi connectivity index (χ4n) is 5.09. The van der Waals surface area contributed by atoms with Crippen LogP contribution in [0.1, 0.15) is 76.4 Å². The van der Waals surface area contributed by atoms with Crippen LogP contribution in [-0.4, -0.2) is 11.0 Å². The maximum atomic E-state index is 14.3. The van der Waals surface area contributed by atoms with Gasteiger partial charge in [0.2, 0.25) is 0 Å². The lowest BCUT2D eigenvalue weighted by Gasteiger charge is -2.25. The van der Waals surface area contributed by atoms with E-state index >= 15 is 0 Å². The lowest BCUT2D eigenvalue weighted by atomic mass is 10.0. The molecule has 0 N–H and O–H groups in total. The van der Waals surface area contributed by atoms with Crippen LogP contribution < -0.4 is 5.30 Å². The van der Waals surface area contributed by atoms with Gasteiger partial charge in [-0.15, -0.1) is 0 Å². The minimum atomic E-state index is -1.77. The standard InChI is InChI=1S/C30H35O2P/c1-16-11-20(5)26(21(6)12-16)29(31)33(28-24(9)18(3)15-19(4)25(28)10)30(32)27-22(7)13-17(2)14-23(27)8/h11-15H,1-10H3. The molecule has 0 aromatic heterocycles. The highest BCUT2D eigenvalue weighted by atomic mass is 31.1. The van der Waals surface area contributed by atoms with Gasteiger partial charge >= 0.3 is 0 Å². The van der Waals surface area contributed by atoms with Gasteiger partial charge in [0.15, 0.2) is 11.0 Å². The molecular weight excluding hydrogens is 423 g/mol. The van der Waals surface area contributed by atoms with Crippen LogP contribution in [0.3, 0.4) is 0 Å². The van der Waals surface area contributed by atoms with Gasteiger partial charge in [-0.1, -0.05) is 41.5 Å². The van der Waals surface area contributed by atoms with Gasteiger partial charge in [0.1, 0.15) is 0 Å². The van der Waals surface area contributed by atoms with Crippen LogP contribution >= 0.6 is 7.92 Å². The SMILES string of the molecule is Cc1cc(C)c(C(=O)P(C(=O)c2c(C)cc(C)cc2C)c2c(C)c(C)cc(C)c2C)c(C)c1. The van der Waals surface area contributed by atoms with E-state index in [1.165, 1.54) is 0 Å². The summed E-state index contributed by atoms with van der Waals surface area (Å²) in [5.74, 6) is 0. The molecule has 0 spiro atoms. The number of carbonyl (C=O) groups is 2. The molecule has 3 aromatic carbocycles. The van der Waals surface area contributed by atoms with Crippen molar-refractivity contribution >= 4 is 24.3 Å². The summed E-state index contributed by atoms with van der Waals surface area (Å²) >= 11 is 0. The minimum Gasteiger partial charge on any atom is -0.288 e. The van der Waals surface area contributed by atoms with Crippen LogP contribution in [0.4, 0.5) is 0 Å². The first kappa shape index (κ1) is 25.1. The first-order valence-corrected chi connectivity index (χ1v) is 12.8. The average Bonchev–Trinajstić information content (AvgIpc) is 2.67. The van der Waals surface area contributed by atoms with Crippen molar-refractivity contribution < 1.29 is 9.59 Å². The molecule has 0 atom stereocenters. The molecule has 0 aliphatic carbocycles. The molecule has 2 nitrogen and oxygen atoms in total. The largest absolute Gasteiger partial charge is 0.288 e. The normalized spacial score (nSPS) is 11.2. The maximum Gasteiger partial charge on any atom is 0.197 e. The summed E-state index contributed by atoms with van der Waals surface area (Å²) in [4.78, 5) is 28.7. The van der Waals surface area contributed by atoms with Gasteiger partial charge in [-0.05, 0) is 119 Å². The fraction of sp³-hybridized carbons (Fsp3) is 0.333. The van der Waals surface area contributed by atoms with Crippen molar-refractivity contribution in [2.75, 3.05) is 0 Å². The minimum absolute atomic E-state index is 0.0411. The Labute approximate surface area is 200 Å². The van der Waals surface area contributed by atoms with E-state index in [2.05, 4.69) is 33.8 Å². The van der Waals surface area contributed by atoms with Crippen molar-refractivity contribution in [3.8, 4) is 0 Å². The molecule has 0 amide bonds. The monoisotopic (exact) mass is 458 g/mol. The van der Waals surface area contributed by atoms with Crippen molar-refractivity contribution in [3.63, 3.8) is 0 Å². The third kappa shape index (κ3) is 4.59. The van der Waals surface area contributed by atoms with E-state index in [9.17, 15) is 9.59 Å². The van der Waals surface area contributed by atoms with Crippen molar-refractivity contribution in [2.24, 2.45) is 0 Å². The highest BCUT2D eigenvalue weighted by molar-refractivity contribution is 7.96. The van der Waals surface area contributed by atoms with E-state index in [0.29, 0.717) is 11.1 Å². The van der Waals surface area contributed by atoms with Gasteiger partial charge in [-0.3, -0.25) is 9.59 Å². The average molecular weight is 459 g/mol. The van der Waals surface area contributed by atoms with E-state index in [0.717, 1.165) is 60.9 Å². The molecule has 3 rings (SSSR count). The molecule has 0 unspecified atom stereocenters. The number of aryl methyl sites for hydroxylation is 8. The van der Waals surface area contributed by atoms with Crippen molar-refractivity contribution in [3.05, 3.63) is 97.1 Å². The Hall–Kier alpha value is -2.57. The molecule has 0 saturated heterocycles. The van der Waals surface area contributed by atoms with E-state index in [-0.39, 0.29) is 11.0 Å². The molecule has 3 aromatic rings. The van der Waals surface area contributed by atoms with Crippen LogP contribution in [0.15, 0.2) is 30.3 Å². The highest BCUT2D eigenvalue weighted by Crippen LogP contribution is 2.47. The summed E-state index contributed by atoms with van der Waals surface area (Å²) in [5, 5.41) is 0.927. The maximum absolute atomic E-state index is 14.3. The molecule has 0 aliphatic rings. The lowest BCUT2D eigenvalue weighted by Crippen LogP contribution is -2.24. The molecule has 0 aliphatic heterocycles. The van der Waals surface area contributed by atoms with Crippen LogP contribution in [0.25, 0.3) is 0 Å². The zero-order valence-corrected chi connectivity index (χ0v) is 22.5. The Morgan fingerprint density at radius 2 is 0.788 bits per heavy atom. The number of hydrogen-bond donors (Lipinski definition) is 0. The molecule has 172 valence electrons. The van der Waals surface area contributed by atoms with Gasteiger partial charge in [-0.25, -0.2) is 0 Å². The third-order valence-corrected chi connectivity index (χ3v) is 9.12. The summed E-state index contributed by atoms with van der Waals surface area (Å²) in [5.41, 5.74) is 11.7. The van der Waals surface area contributed by atoms with Gasteiger partial charge < -0.3 is 0 Å². The molecule has 33 heavy (non-hydrogen) atoms. The molecule has 0 heterocycles. The predicted molar refractivity (Wildman–Crippen MR) is 142 cm³/mol. The summed E-state index contributed by atoms with van der Waals surface area (Å²) in [6.07, 6.45) is 0. The van der Waals surface area contributed by atoms with E-state index < -0.39 is 7.92 Å².